The lowest BCUT2D eigenvalue weighted by Crippen LogP contribution is -2.25. The number of aromatic hydroxyl groups is 1. The first-order valence-corrected chi connectivity index (χ1v) is 11.9. The van der Waals surface area contributed by atoms with E-state index in [0.29, 0.717) is 13.2 Å². The second-order valence-electron chi connectivity index (χ2n) is 8.33. The summed E-state index contributed by atoms with van der Waals surface area (Å²) in [7, 11) is 1.63. The van der Waals surface area contributed by atoms with E-state index in [0.717, 1.165) is 48.1 Å². The molecule has 0 bridgehead atoms. The van der Waals surface area contributed by atoms with E-state index in [4.69, 9.17) is 38.7 Å². The fourth-order valence-electron chi connectivity index (χ4n) is 3.77. The molecule has 10 heteroatoms. The van der Waals surface area contributed by atoms with Crippen LogP contribution in [0.25, 0.3) is 0 Å². The van der Waals surface area contributed by atoms with E-state index in [1.165, 1.54) is 11.1 Å². The van der Waals surface area contributed by atoms with Gasteiger partial charge in [-0.05, 0) is 66.9 Å². The smallest absolute Gasteiger partial charge is 0.414 e. The molecule has 0 amide bonds. The minimum atomic E-state index is -1.82. The van der Waals surface area contributed by atoms with Gasteiger partial charge in [0, 0.05) is 25.2 Å². The molecule has 1 heterocycles. The van der Waals surface area contributed by atoms with Crippen LogP contribution in [0.5, 0.6) is 28.7 Å². The van der Waals surface area contributed by atoms with Crippen molar-refractivity contribution in [2.75, 3.05) is 27.1 Å². The average molecular weight is 526 g/mol. The molecule has 4 rings (SSSR count). The van der Waals surface area contributed by atoms with Gasteiger partial charge in [0.05, 0.1) is 13.7 Å². The van der Waals surface area contributed by atoms with Crippen molar-refractivity contribution in [2.45, 2.75) is 26.4 Å². The van der Waals surface area contributed by atoms with Crippen molar-refractivity contribution in [2.24, 2.45) is 0 Å². The minimum absolute atomic E-state index is 0.269. The topological polar surface area (TPSA) is 135 Å². The van der Waals surface area contributed by atoms with Crippen molar-refractivity contribution >= 4 is 11.9 Å². The summed E-state index contributed by atoms with van der Waals surface area (Å²) in [5.41, 5.74) is 3.20. The van der Waals surface area contributed by atoms with Gasteiger partial charge in [0.2, 0.25) is 6.79 Å². The molecule has 0 saturated heterocycles. The van der Waals surface area contributed by atoms with Gasteiger partial charge in [0.25, 0.3) is 0 Å². The molecule has 3 N–H and O–H groups in total. The maximum absolute atomic E-state index is 10.4. The second-order valence-corrected chi connectivity index (χ2v) is 8.33. The monoisotopic (exact) mass is 525 g/mol. The van der Waals surface area contributed by atoms with Crippen LogP contribution in [-0.4, -0.2) is 59.2 Å². The van der Waals surface area contributed by atoms with Crippen molar-refractivity contribution < 1.29 is 43.9 Å². The molecule has 0 atom stereocenters. The number of benzene rings is 3. The summed E-state index contributed by atoms with van der Waals surface area (Å²) in [5.74, 6) is -0.189. The van der Waals surface area contributed by atoms with Crippen LogP contribution in [0.2, 0.25) is 0 Å². The predicted molar refractivity (Wildman–Crippen MR) is 138 cm³/mol. The average Bonchev–Trinajstić information content (AvgIpc) is 3.38. The Labute approximate surface area is 220 Å². The predicted octanol–water partition coefficient (Wildman–Crippen LogP) is 3.93. The van der Waals surface area contributed by atoms with Crippen LogP contribution in [0.1, 0.15) is 23.6 Å². The Kier molecular flexibility index (Phi) is 10.2. The van der Waals surface area contributed by atoms with Gasteiger partial charge in [-0.1, -0.05) is 18.2 Å². The van der Waals surface area contributed by atoms with Gasteiger partial charge >= 0.3 is 11.9 Å². The number of methoxy groups -OCH3 is 1. The number of hydrogen-bond donors (Lipinski definition) is 3. The van der Waals surface area contributed by atoms with E-state index in [1.807, 2.05) is 37.3 Å². The molecule has 1 aliphatic heterocycles. The molecule has 0 spiro atoms. The summed E-state index contributed by atoms with van der Waals surface area (Å²) in [6, 6.07) is 19.6. The second kappa shape index (κ2) is 13.8. The van der Waals surface area contributed by atoms with Gasteiger partial charge in [0.15, 0.2) is 11.5 Å². The van der Waals surface area contributed by atoms with E-state index < -0.39 is 11.9 Å². The van der Waals surface area contributed by atoms with Crippen molar-refractivity contribution in [1.82, 2.24) is 4.90 Å². The first-order chi connectivity index (χ1) is 18.3. The number of hydrogen-bond acceptors (Lipinski definition) is 8. The van der Waals surface area contributed by atoms with Gasteiger partial charge in [-0.3, -0.25) is 4.90 Å². The highest BCUT2D eigenvalue weighted by Gasteiger charge is 2.15. The standard InChI is InChI=1S/C26H29NO5.C2H2O4/c1-3-30-22-7-4-20(5-8-22)16-27(17-21-15-23(29-2)9-10-24(21)28)13-12-19-6-11-25-26(14-19)32-18-31-25;3-1(4)2(5)6/h4-11,14-15,28H,3,12-13,16-18H2,1-2H3;(H,3,4)(H,5,6). The van der Waals surface area contributed by atoms with Crippen molar-refractivity contribution in [3.05, 3.63) is 77.4 Å². The lowest BCUT2D eigenvalue weighted by Gasteiger charge is -2.23. The zero-order valence-corrected chi connectivity index (χ0v) is 21.3. The fourth-order valence-corrected chi connectivity index (χ4v) is 3.77. The fraction of sp³-hybridized carbons (Fsp3) is 0.286. The van der Waals surface area contributed by atoms with E-state index in [1.54, 1.807) is 19.2 Å². The van der Waals surface area contributed by atoms with Crippen LogP contribution in [0.3, 0.4) is 0 Å². The third-order valence-corrected chi connectivity index (χ3v) is 5.66. The van der Waals surface area contributed by atoms with E-state index >= 15 is 0 Å². The lowest BCUT2D eigenvalue weighted by atomic mass is 10.1. The van der Waals surface area contributed by atoms with E-state index in [9.17, 15) is 5.11 Å². The molecule has 10 nitrogen and oxygen atoms in total. The Morgan fingerprint density at radius 3 is 2.18 bits per heavy atom. The third-order valence-electron chi connectivity index (χ3n) is 5.66. The minimum Gasteiger partial charge on any atom is -0.508 e. The Hall–Kier alpha value is -4.44. The Balaban J connectivity index is 0.000000599. The molecule has 202 valence electrons. The summed E-state index contributed by atoms with van der Waals surface area (Å²) in [5, 5.41) is 25.2. The Morgan fingerprint density at radius 1 is 0.868 bits per heavy atom. The number of aliphatic carboxylic acids is 2. The van der Waals surface area contributed by atoms with Crippen molar-refractivity contribution in [3.63, 3.8) is 0 Å². The molecule has 1 aliphatic rings. The molecular formula is C28H31NO9. The number of carboxylic acid groups (broad SMARTS) is 2. The highest BCUT2D eigenvalue weighted by atomic mass is 16.7. The van der Waals surface area contributed by atoms with Crippen molar-refractivity contribution in [3.8, 4) is 28.7 Å². The number of phenols is 1. The number of phenolic OH excluding ortho intramolecular Hbond substituents is 1. The molecule has 3 aromatic carbocycles. The van der Waals surface area contributed by atoms with Gasteiger partial charge in [-0.15, -0.1) is 0 Å². The lowest BCUT2D eigenvalue weighted by molar-refractivity contribution is -0.159. The largest absolute Gasteiger partial charge is 0.508 e. The molecule has 0 aliphatic carbocycles. The molecule has 0 fully saturated rings. The summed E-state index contributed by atoms with van der Waals surface area (Å²) < 4.78 is 21.8. The first kappa shape index (κ1) is 28.1. The van der Waals surface area contributed by atoms with Gasteiger partial charge in [-0.2, -0.15) is 0 Å². The van der Waals surface area contributed by atoms with Crippen LogP contribution in [0, 0.1) is 0 Å². The molecule has 0 unspecified atom stereocenters. The summed E-state index contributed by atoms with van der Waals surface area (Å²) in [6.45, 7) is 5.05. The molecule has 3 aromatic rings. The molecule has 0 saturated carbocycles. The highest BCUT2D eigenvalue weighted by molar-refractivity contribution is 6.27. The number of ether oxygens (including phenoxy) is 4. The molecule has 0 aromatic heterocycles. The van der Waals surface area contributed by atoms with Crippen LogP contribution < -0.4 is 18.9 Å². The number of fused-ring (bicyclic) bond motifs is 1. The number of carboxylic acids is 2. The SMILES string of the molecule is CCOc1ccc(CN(CCc2ccc3c(c2)OCO3)Cc2cc(OC)ccc2O)cc1.O=C(O)C(=O)O. The van der Waals surface area contributed by atoms with Crippen LogP contribution in [0.4, 0.5) is 0 Å². The van der Waals surface area contributed by atoms with Crippen LogP contribution >= 0.6 is 0 Å². The van der Waals surface area contributed by atoms with E-state index in [2.05, 4.69) is 23.1 Å². The van der Waals surface area contributed by atoms with Crippen molar-refractivity contribution in [1.29, 1.82) is 0 Å². The van der Waals surface area contributed by atoms with Crippen LogP contribution in [-0.2, 0) is 29.1 Å². The third kappa shape index (κ3) is 8.31. The highest BCUT2D eigenvalue weighted by Crippen LogP contribution is 2.33. The first-order valence-electron chi connectivity index (χ1n) is 11.9. The number of rotatable bonds is 10. The number of carbonyl (C=O) groups is 2. The maximum atomic E-state index is 10.4. The molecule has 0 radical (unpaired) electrons. The quantitative estimate of drug-likeness (QED) is 0.334. The van der Waals surface area contributed by atoms with Crippen LogP contribution in [0.15, 0.2) is 60.7 Å². The Morgan fingerprint density at radius 2 is 1.53 bits per heavy atom. The molecule has 38 heavy (non-hydrogen) atoms. The van der Waals surface area contributed by atoms with E-state index in [-0.39, 0.29) is 12.5 Å². The number of nitrogens with zero attached hydrogens (tertiary/aromatic N) is 1. The zero-order valence-electron chi connectivity index (χ0n) is 21.3. The maximum Gasteiger partial charge on any atom is 0.414 e. The normalized spacial score (nSPS) is 11.4. The summed E-state index contributed by atoms with van der Waals surface area (Å²) >= 11 is 0. The summed E-state index contributed by atoms with van der Waals surface area (Å²) in [4.78, 5) is 20.5. The van der Waals surface area contributed by atoms with Gasteiger partial charge < -0.3 is 34.3 Å². The molecular weight excluding hydrogens is 494 g/mol. The summed E-state index contributed by atoms with van der Waals surface area (Å²) in [6.07, 6.45) is 0.846. The zero-order chi connectivity index (χ0) is 27.5. The Bertz CT molecular complexity index is 1220. The van der Waals surface area contributed by atoms with Gasteiger partial charge in [0.1, 0.15) is 17.2 Å². The van der Waals surface area contributed by atoms with Gasteiger partial charge in [-0.25, -0.2) is 9.59 Å².